The van der Waals surface area contributed by atoms with Gasteiger partial charge in [0, 0.05) is 19.8 Å². The topological polar surface area (TPSA) is 30.9 Å². The molecule has 0 aliphatic carbocycles. The first-order valence-corrected chi connectivity index (χ1v) is 12.2. The summed E-state index contributed by atoms with van der Waals surface area (Å²) in [6.07, 6.45) is 1.88. The van der Waals surface area contributed by atoms with Gasteiger partial charge in [-0.1, -0.05) is 73.7 Å². The van der Waals surface area contributed by atoms with Crippen molar-refractivity contribution < 1.29 is 14.0 Å². The predicted octanol–water partition coefficient (Wildman–Crippen LogP) is 5.13. The van der Waals surface area contributed by atoms with E-state index < -0.39 is 0 Å². The van der Waals surface area contributed by atoms with Crippen LogP contribution in [0.2, 0.25) is 0 Å². The third-order valence-corrected chi connectivity index (χ3v) is 6.03. The Balaban J connectivity index is 1.69. The highest BCUT2D eigenvalue weighted by Gasteiger charge is 2.24. The van der Waals surface area contributed by atoms with E-state index >= 15 is 0 Å². The van der Waals surface area contributed by atoms with E-state index in [1.54, 1.807) is 0 Å². The first-order valence-electron chi connectivity index (χ1n) is 12.2. The number of hydrogen-bond donors (Lipinski definition) is 0. The van der Waals surface area contributed by atoms with Crippen molar-refractivity contribution in [1.29, 1.82) is 0 Å². The van der Waals surface area contributed by atoms with Crippen LogP contribution in [0.4, 0.5) is 0 Å². The van der Waals surface area contributed by atoms with Crippen LogP contribution in [0, 0.1) is 0 Å². The van der Waals surface area contributed by atoms with E-state index in [9.17, 15) is 0 Å². The normalized spacial score (nSPS) is 14.8. The van der Waals surface area contributed by atoms with Crippen LogP contribution in [0.1, 0.15) is 36.5 Å². The Morgan fingerprint density at radius 2 is 1.44 bits per heavy atom. The Morgan fingerprint density at radius 3 is 2.03 bits per heavy atom. The molecule has 34 heavy (non-hydrogen) atoms. The second kappa shape index (κ2) is 12.0. The molecule has 1 aliphatic rings. The molecule has 0 aromatic heterocycles. The standard InChI is InChI=1S/C29H34BNO3/c1-4-28(23-9-6-5-7-10-23)29(25-13-17-27(18-14-25)32-22-19-31(2)3)24-11-15-26(16-12-24)30-33-20-8-21-34-30/h5-7,9-18H,4,8,19-22H2,1-3H3/b29-28-. The molecular formula is C29H34BNO3. The van der Waals surface area contributed by atoms with E-state index in [0.717, 1.165) is 43.8 Å². The Morgan fingerprint density at radius 1 is 0.824 bits per heavy atom. The quantitative estimate of drug-likeness (QED) is 0.331. The van der Waals surface area contributed by atoms with Gasteiger partial charge >= 0.3 is 7.12 Å². The van der Waals surface area contributed by atoms with Gasteiger partial charge in [0.1, 0.15) is 12.4 Å². The summed E-state index contributed by atoms with van der Waals surface area (Å²) in [5.74, 6) is 0.893. The van der Waals surface area contributed by atoms with Gasteiger partial charge in [0.05, 0.1) is 0 Å². The van der Waals surface area contributed by atoms with E-state index in [0.29, 0.717) is 6.61 Å². The van der Waals surface area contributed by atoms with Crippen molar-refractivity contribution in [3.63, 3.8) is 0 Å². The lowest BCUT2D eigenvalue weighted by Crippen LogP contribution is -2.40. The molecule has 0 bridgehead atoms. The maximum absolute atomic E-state index is 5.93. The van der Waals surface area contributed by atoms with Crippen LogP contribution in [0.15, 0.2) is 78.9 Å². The first kappa shape index (κ1) is 24.3. The smallest absolute Gasteiger partial charge is 0.492 e. The predicted molar refractivity (Wildman–Crippen MR) is 141 cm³/mol. The monoisotopic (exact) mass is 455 g/mol. The van der Waals surface area contributed by atoms with Gasteiger partial charge in [-0.3, -0.25) is 0 Å². The molecule has 0 amide bonds. The molecule has 3 aromatic rings. The second-order valence-corrected chi connectivity index (χ2v) is 8.80. The van der Waals surface area contributed by atoms with Crippen LogP contribution in [0.3, 0.4) is 0 Å². The third-order valence-electron chi connectivity index (χ3n) is 6.03. The minimum absolute atomic E-state index is 0.270. The van der Waals surface area contributed by atoms with Gasteiger partial charge in [0.2, 0.25) is 0 Å². The van der Waals surface area contributed by atoms with Gasteiger partial charge in [-0.25, -0.2) is 0 Å². The first-order chi connectivity index (χ1) is 16.7. The molecule has 5 heteroatoms. The maximum Gasteiger partial charge on any atom is 0.493 e. The van der Waals surface area contributed by atoms with Crippen LogP contribution in [0.25, 0.3) is 11.1 Å². The van der Waals surface area contributed by atoms with Crippen LogP contribution in [-0.2, 0) is 9.31 Å². The number of rotatable bonds is 9. The van der Waals surface area contributed by atoms with Crippen molar-refractivity contribution >= 4 is 23.7 Å². The number of nitrogens with zero attached hydrogens (tertiary/aromatic N) is 1. The van der Waals surface area contributed by atoms with Crippen molar-refractivity contribution in [3.8, 4) is 5.75 Å². The molecule has 1 heterocycles. The summed E-state index contributed by atoms with van der Waals surface area (Å²) in [5, 5.41) is 0. The van der Waals surface area contributed by atoms with Gasteiger partial charge in [-0.05, 0) is 72.4 Å². The van der Waals surface area contributed by atoms with Crippen molar-refractivity contribution in [3.05, 3.63) is 95.6 Å². The third kappa shape index (κ3) is 6.18. The average Bonchev–Trinajstić information content (AvgIpc) is 2.89. The largest absolute Gasteiger partial charge is 0.493 e. The summed E-state index contributed by atoms with van der Waals surface area (Å²) >= 11 is 0. The summed E-state index contributed by atoms with van der Waals surface area (Å²) < 4.78 is 17.5. The van der Waals surface area contributed by atoms with Crippen molar-refractivity contribution in [1.82, 2.24) is 4.90 Å². The number of allylic oxidation sites excluding steroid dienone is 1. The summed E-state index contributed by atoms with van der Waals surface area (Å²) in [6.45, 7) is 5.27. The van der Waals surface area contributed by atoms with Crippen molar-refractivity contribution in [2.45, 2.75) is 19.8 Å². The molecule has 0 radical (unpaired) electrons. The molecule has 3 aromatic carbocycles. The Bertz CT molecular complexity index is 1060. The lowest BCUT2D eigenvalue weighted by atomic mass is 9.77. The molecule has 1 fully saturated rings. The van der Waals surface area contributed by atoms with Gasteiger partial charge in [-0.15, -0.1) is 0 Å². The number of ether oxygens (including phenoxy) is 1. The minimum atomic E-state index is -0.270. The van der Waals surface area contributed by atoms with Gasteiger partial charge < -0.3 is 18.9 Å². The fraction of sp³-hybridized carbons (Fsp3) is 0.310. The Labute approximate surface area is 204 Å². The SMILES string of the molecule is CC/C(=C(/c1ccc(OCCN(C)C)cc1)c1ccc(B2OCCCO2)cc1)c1ccccc1. The Kier molecular flexibility index (Phi) is 8.59. The van der Waals surface area contributed by atoms with Gasteiger partial charge in [-0.2, -0.15) is 0 Å². The molecule has 4 nitrogen and oxygen atoms in total. The zero-order valence-corrected chi connectivity index (χ0v) is 20.5. The lowest BCUT2D eigenvalue weighted by Gasteiger charge is -2.21. The summed E-state index contributed by atoms with van der Waals surface area (Å²) in [7, 11) is 3.84. The van der Waals surface area contributed by atoms with E-state index in [-0.39, 0.29) is 7.12 Å². The average molecular weight is 455 g/mol. The molecule has 0 N–H and O–H groups in total. The highest BCUT2D eigenvalue weighted by Crippen LogP contribution is 2.34. The molecule has 0 unspecified atom stereocenters. The molecule has 0 spiro atoms. The number of benzene rings is 3. The van der Waals surface area contributed by atoms with E-state index in [4.69, 9.17) is 14.0 Å². The fourth-order valence-electron chi connectivity index (χ4n) is 4.23. The molecule has 1 saturated heterocycles. The van der Waals surface area contributed by atoms with Gasteiger partial charge in [0.15, 0.2) is 0 Å². The highest BCUT2D eigenvalue weighted by molar-refractivity contribution is 6.61. The fourth-order valence-corrected chi connectivity index (χ4v) is 4.23. The van der Waals surface area contributed by atoms with Crippen molar-refractivity contribution in [2.75, 3.05) is 40.5 Å². The number of hydrogen-bond acceptors (Lipinski definition) is 4. The highest BCUT2D eigenvalue weighted by atomic mass is 16.6. The molecule has 176 valence electrons. The lowest BCUT2D eigenvalue weighted by molar-refractivity contribution is 0.143. The number of likely N-dealkylation sites (N-methyl/N-ethyl adjacent to an activating group) is 1. The van der Waals surface area contributed by atoms with E-state index in [1.807, 2.05) is 0 Å². The zero-order chi connectivity index (χ0) is 23.8. The molecule has 0 atom stereocenters. The molecular weight excluding hydrogens is 421 g/mol. The van der Waals surface area contributed by atoms with Crippen LogP contribution in [0.5, 0.6) is 5.75 Å². The minimum Gasteiger partial charge on any atom is -0.492 e. The summed E-state index contributed by atoms with van der Waals surface area (Å²) in [5.41, 5.74) is 7.23. The van der Waals surface area contributed by atoms with E-state index in [2.05, 4.69) is 105 Å². The maximum atomic E-state index is 5.93. The van der Waals surface area contributed by atoms with E-state index in [1.165, 1.54) is 27.8 Å². The molecule has 4 rings (SSSR count). The molecule has 0 saturated carbocycles. The van der Waals surface area contributed by atoms with Crippen LogP contribution < -0.4 is 10.2 Å². The summed E-state index contributed by atoms with van der Waals surface area (Å²) in [6, 6.07) is 27.8. The zero-order valence-electron chi connectivity index (χ0n) is 20.5. The second-order valence-electron chi connectivity index (χ2n) is 8.80. The van der Waals surface area contributed by atoms with Gasteiger partial charge in [0.25, 0.3) is 0 Å². The van der Waals surface area contributed by atoms with Crippen LogP contribution >= 0.6 is 0 Å². The summed E-state index contributed by atoms with van der Waals surface area (Å²) in [4.78, 5) is 2.12. The van der Waals surface area contributed by atoms with Crippen LogP contribution in [-0.4, -0.2) is 52.5 Å². The molecule has 1 aliphatic heterocycles. The Hall–Kier alpha value is -2.86. The van der Waals surface area contributed by atoms with Crippen molar-refractivity contribution in [2.24, 2.45) is 0 Å².